The van der Waals surface area contributed by atoms with Crippen LogP contribution >= 0.6 is 0 Å². The monoisotopic (exact) mass is 237 g/mol. The van der Waals surface area contributed by atoms with Crippen molar-refractivity contribution in [2.24, 2.45) is 0 Å². The lowest BCUT2D eigenvalue weighted by Gasteiger charge is -2.05. The van der Waals surface area contributed by atoms with Gasteiger partial charge in [-0.15, -0.1) is 0 Å². The van der Waals surface area contributed by atoms with Crippen LogP contribution in [0.4, 0.5) is 4.39 Å². The van der Waals surface area contributed by atoms with Crippen LogP contribution in [0, 0.1) is 17.1 Å². The van der Waals surface area contributed by atoms with Gasteiger partial charge in [-0.2, -0.15) is 5.26 Å². The highest BCUT2D eigenvalue weighted by molar-refractivity contribution is 5.34. The zero-order chi connectivity index (χ0) is 12.5. The van der Waals surface area contributed by atoms with Gasteiger partial charge in [0, 0.05) is 6.61 Å². The number of nitriles is 1. The Morgan fingerprint density at radius 1 is 1.24 bits per heavy atom. The van der Waals surface area contributed by atoms with E-state index in [2.05, 4.69) is 0 Å². The largest absolute Gasteiger partial charge is 0.379 e. The van der Waals surface area contributed by atoms with Crippen molar-refractivity contribution in [2.45, 2.75) is 20.0 Å². The number of nitrogens with zero attached hydrogens (tertiary/aromatic N) is 1. The van der Waals surface area contributed by atoms with Gasteiger partial charge in [0.05, 0.1) is 25.4 Å². The van der Waals surface area contributed by atoms with E-state index in [1.807, 2.05) is 6.92 Å². The van der Waals surface area contributed by atoms with E-state index in [1.54, 1.807) is 12.1 Å². The topological polar surface area (TPSA) is 42.2 Å². The van der Waals surface area contributed by atoms with E-state index < -0.39 is 5.82 Å². The average Bonchev–Trinajstić information content (AvgIpc) is 2.35. The summed E-state index contributed by atoms with van der Waals surface area (Å²) in [5, 5.41) is 8.66. The second kappa shape index (κ2) is 7.77. The van der Waals surface area contributed by atoms with Gasteiger partial charge in [0.2, 0.25) is 0 Å². The average molecular weight is 237 g/mol. The summed E-state index contributed by atoms with van der Waals surface area (Å²) in [6.45, 7) is 4.20. The maximum Gasteiger partial charge on any atom is 0.140 e. The van der Waals surface area contributed by atoms with E-state index in [1.165, 1.54) is 12.1 Å². The summed E-state index contributed by atoms with van der Waals surface area (Å²) in [5.41, 5.74) is 0.840. The second-order valence-corrected chi connectivity index (χ2v) is 3.59. The number of benzene rings is 1. The standard InChI is InChI=1S/C13H16FNO2/c1-2-5-16-6-7-17-10-11-3-4-13(14)12(8-11)9-15/h3-4,8H,2,5-7,10H2,1H3. The predicted molar refractivity (Wildman–Crippen MR) is 61.9 cm³/mol. The van der Waals surface area contributed by atoms with Crippen LogP contribution in [0.3, 0.4) is 0 Å². The number of hydrogen-bond donors (Lipinski definition) is 0. The first-order chi connectivity index (χ1) is 8.27. The molecule has 0 aliphatic heterocycles. The predicted octanol–water partition coefficient (Wildman–Crippen LogP) is 2.64. The van der Waals surface area contributed by atoms with Gasteiger partial charge in [-0.3, -0.25) is 0 Å². The van der Waals surface area contributed by atoms with Crippen molar-refractivity contribution < 1.29 is 13.9 Å². The van der Waals surface area contributed by atoms with Crippen LogP contribution in [-0.2, 0) is 16.1 Å². The van der Waals surface area contributed by atoms with Gasteiger partial charge in [0.1, 0.15) is 11.9 Å². The van der Waals surface area contributed by atoms with Gasteiger partial charge in [0.15, 0.2) is 0 Å². The van der Waals surface area contributed by atoms with Gasteiger partial charge in [-0.05, 0) is 24.1 Å². The minimum absolute atomic E-state index is 0.0494. The van der Waals surface area contributed by atoms with Gasteiger partial charge >= 0.3 is 0 Å². The van der Waals surface area contributed by atoms with Crippen molar-refractivity contribution in [1.29, 1.82) is 5.26 Å². The molecule has 0 aliphatic rings. The third kappa shape index (κ3) is 4.94. The fourth-order valence-corrected chi connectivity index (χ4v) is 1.30. The van der Waals surface area contributed by atoms with Crippen molar-refractivity contribution in [2.75, 3.05) is 19.8 Å². The molecule has 0 fully saturated rings. The Kier molecular flexibility index (Phi) is 6.23. The minimum atomic E-state index is -0.498. The highest BCUT2D eigenvalue weighted by atomic mass is 19.1. The SMILES string of the molecule is CCCOCCOCc1ccc(F)c(C#N)c1. The van der Waals surface area contributed by atoms with Gasteiger partial charge in [-0.1, -0.05) is 13.0 Å². The van der Waals surface area contributed by atoms with Crippen molar-refractivity contribution in [3.05, 3.63) is 35.1 Å². The van der Waals surface area contributed by atoms with Crippen molar-refractivity contribution in [3.63, 3.8) is 0 Å². The van der Waals surface area contributed by atoms with Crippen LogP contribution in [0.5, 0.6) is 0 Å². The van der Waals surface area contributed by atoms with E-state index in [-0.39, 0.29) is 5.56 Å². The highest BCUT2D eigenvalue weighted by Crippen LogP contribution is 2.10. The maximum absolute atomic E-state index is 13.0. The Morgan fingerprint density at radius 2 is 2.00 bits per heavy atom. The lowest BCUT2D eigenvalue weighted by atomic mass is 10.1. The van der Waals surface area contributed by atoms with Crippen LogP contribution in [0.2, 0.25) is 0 Å². The molecule has 0 aliphatic carbocycles. The van der Waals surface area contributed by atoms with Crippen LogP contribution in [0.25, 0.3) is 0 Å². The Bertz CT molecular complexity index is 387. The summed E-state index contributed by atoms with van der Waals surface area (Å²) < 4.78 is 23.6. The lowest BCUT2D eigenvalue weighted by Crippen LogP contribution is -2.05. The highest BCUT2D eigenvalue weighted by Gasteiger charge is 2.02. The number of rotatable bonds is 7. The van der Waals surface area contributed by atoms with E-state index in [0.717, 1.165) is 18.6 Å². The molecule has 92 valence electrons. The molecule has 0 heterocycles. The summed E-state index contributed by atoms with van der Waals surface area (Å²) >= 11 is 0. The Hall–Kier alpha value is -1.44. The molecule has 3 nitrogen and oxygen atoms in total. The molecule has 1 aromatic rings. The Labute approximate surface area is 101 Å². The summed E-state index contributed by atoms with van der Waals surface area (Å²) in [4.78, 5) is 0. The fourth-order valence-electron chi connectivity index (χ4n) is 1.30. The summed E-state index contributed by atoms with van der Waals surface area (Å²) in [5.74, 6) is -0.498. The molecule has 1 aromatic carbocycles. The number of ether oxygens (including phenoxy) is 2. The summed E-state index contributed by atoms with van der Waals surface area (Å²) in [6.07, 6.45) is 0.990. The molecule has 0 radical (unpaired) electrons. The number of hydrogen-bond acceptors (Lipinski definition) is 3. The minimum Gasteiger partial charge on any atom is -0.379 e. The maximum atomic E-state index is 13.0. The zero-order valence-electron chi connectivity index (χ0n) is 9.91. The molecule has 17 heavy (non-hydrogen) atoms. The molecule has 0 saturated heterocycles. The van der Waals surface area contributed by atoms with E-state index in [9.17, 15) is 4.39 Å². The molecule has 0 bridgehead atoms. The molecule has 4 heteroatoms. The van der Waals surface area contributed by atoms with Gasteiger partial charge in [-0.25, -0.2) is 4.39 Å². The lowest BCUT2D eigenvalue weighted by molar-refractivity contribution is 0.0408. The van der Waals surface area contributed by atoms with E-state index >= 15 is 0 Å². The van der Waals surface area contributed by atoms with Gasteiger partial charge < -0.3 is 9.47 Å². The summed E-state index contributed by atoms with van der Waals surface area (Å²) in [6, 6.07) is 6.20. The molecule has 0 N–H and O–H groups in total. The molecular weight excluding hydrogens is 221 g/mol. The van der Waals surface area contributed by atoms with Gasteiger partial charge in [0.25, 0.3) is 0 Å². The Balaban J connectivity index is 2.30. The second-order valence-electron chi connectivity index (χ2n) is 3.59. The van der Waals surface area contributed by atoms with Crippen LogP contribution in [0.15, 0.2) is 18.2 Å². The first-order valence-electron chi connectivity index (χ1n) is 5.62. The summed E-state index contributed by atoms with van der Waals surface area (Å²) in [7, 11) is 0. The number of halogens is 1. The normalized spacial score (nSPS) is 10.2. The molecular formula is C13H16FNO2. The van der Waals surface area contributed by atoms with Crippen molar-refractivity contribution in [3.8, 4) is 6.07 Å². The molecule has 0 atom stereocenters. The first-order valence-corrected chi connectivity index (χ1v) is 5.62. The van der Waals surface area contributed by atoms with Crippen molar-refractivity contribution in [1.82, 2.24) is 0 Å². The third-order valence-corrected chi connectivity index (χ3v) is 2.14. The third-order valence-electron chi connectivity index (χ3n) is 2.14. The molecule has 0 unspecified atom stereocenters. The molecule has 1 rings (SSSR count). The van der Waals surface area contributed by atoms with Crippen molar-refractivity contribution >= 4 is 0 Å². The molecule has 0 aromatic heterocycles. The molecule has 0 spiro atoms. The Morgan fingerprint density at radius 3 is 2.71 bits per heavy atom. The van der Waals surface area contributed by atoms with Crippen LogP contribution in [0.1, 0.15) is 24.5 Å². The molecule has 0 amide bonds. The molecule has 0 saturated carbocycles. The quantitative estimate of drug-likeness (QED) is 0.685. The van der Waals surface area contributed by atoms with Crippen LogP contribution < -0.4 is 0 Å². The first kappa shape index (κ1) is 13.6. The zero-order valence-corrected chi connectivity index (χ0v) is 9.91. The van der Waals surface area contributed by atoms with E-state index in [4.69, 9.17) is 14.7 Å². The van der Waals surface area contributed by atoms with E-state index in [0.29, 0.717) is 19.8 Å². The fraction of sp³-hybridized carbons (Fsp3) is 0.462. The van der Waals surface area contributed by atoms with Crippen LogP contribution in [-0.4, -0.2) is 19.8 Å². The smallest absolute Gasteiger partial charge is 0.140 e.